The van der Waals surface area contributed by atoms with E-state index < -0.39 is 0 Å². The Morgan fingerprint density at radius 3 is 2.70 bits per heavy atom. The second-order valence-electron chi connectivity index (χ2n) is 7.91. The highest BCUT2D eigenvalue weighted by Gasteiger charge is 2.33. The number of ether oxygens (including phenoxy) is 1. The summed E-state index contributed by atoms with van der Waals surface area (Å²) in [5, 5.41) is 6.86. The van der Waals surface area contributed by atoms with Crippen LogP contribution >= 0.6 is 0 Å². The highest BCUT2D eigenvalue weighted by Crippen LogP contribution is 2.40. The summed E-state index contributed by atoms with van der Waals surface area (Å²) in [4.78, 5) is 8.84. The van der Waals surface area contributed by atoms with Crippen LogP contribution < -0.4 is 10.6 Å². The summed E-state index contributed by atoms with van der Waals surface area (Å²) in [5.41, 5.74) is 1.92. The number of aliphatic imine (C=N–C) groups is 1. The SMILES string of the molecule is CCOCCC1(CNC(=NC)NCCc2coc(-c3ccc(F)cc3)n2)CCCC1. The topological polar surface area (TPSA) is 71.7 Å². The number of rotatable bonds is 10. The van der Waals surface area contributed by atoms with Crippen LogP contribution in [0.3, 0.4) is 0 Å². The zero-order valence-corrected chi connectivity index (χ0v) is 18.0. The molecule has 2 aromatic rings. The molecule has 0 bridgehead atoms. The van der Waals surface area contributed by atoms with E-state index in [1.54, 1.807) is 25.4 Å². The van der Waals surface area contributed by atoms with E-state index in [2.05, 4.69) is 20.6 Å². The number of halogens is 1. The first-order valence-electron chi connectivity index (χ1n) is 10.9. The Kier molecular flexibility index (Phi) is 8.25. The lowest BCUT2D eigenvalue weighted by atomic mass is 9.83. The van der Waals surface area contributed by atoms with Gasteiger partial charge in [0.2, 0.25) is 5.89 Å². The molecule has 6 nitrogen and oxygen atoms in total. The van der Waals surface area contributed by atoms with Gasteiger partial charge in [0.15, 0.2) is 5.96 Å². The standard InChI is InChI=1S/C23H33FN4O2/c1-3-29-15-13-23(11-4-5-12-23)17-27-22(25-2)26-14-10-20-16-30-21(28-20)18-6-8-19(24)9-7-18/h6-9,16H,3-5,10-15,17H2,1-2H3,(H2,25,26,27). The molecule has 0 spiro atoms. The Morgan fingerprint density at radius 1 is 1.23 bits per heavy atom. The average molecular weight is 417 g/mol. The van der Waals surface area contributed by atoms with Gasteiger partial charge in [-0.3, -0.25) is 4.99 Å². The fourth-order valence-electron chi connectivity index (χ4n) is 4.02. The number of nitrogens with zero attached hydrogens (tertiary/aromatic N) is 2. The van der Waals surface area contributed by atoms with Crippen LogP contribution in [0.2, 0.25) is 0 Å². The summed E-state index contributed by atoms with van der Waals surface area (Å²) in [5.74, 6) is 1.04. The molecule has 1 aromatic heterocycles. The van der Waals surface area contributed by atoms with Crippen molar-refractivity contribution in [2.45, 2.75) is 45.4 Å². The summed E-state index contributed by atoms with van der Waals surface area (Å²) in [6.07, 6.45) is 8.53. The van der Waals surface area contributed by atoms with Gasteiger partial charge in [-0.1, -0.05) is 12.8 Å². The number of hydrogen-bond acceptors (Lipinski definition) is 4. The average Bonchev–Trinajstić information content (AvgIpc) is 3.42. The van der Waals surface area contributed by atoms with Crippen LogP contribution in [0.1, 0.15) is 44.7 Å². The number of guanidine groups is 1. The molecule has 164 valence electrons. The molecule has 1 saturated carbocycles. The maximum Gasteiger partial charge on any atom is 0.226 e. The van der Waals surface area contributed by atoms with E-state index in [0.29, 0.717) is 24.3 Å². The molecule has 0 unspecified atom stereocenters. The molecule has 0 radical (unpaired) electrons. The highest BCUT2D eigenvalue weighted by atomic mass is 19.1. The van der Waals surface area contributed by atoms with Crippen LogP contribution in [-0.2, 0) is 11.2 Å². The molecule has 1 fully saturated rings. The quantitative estimate of drug-likeness (QED) is 0.345. The smallest absolute Gasteiger partial charge is 0.226 e. The minimum absolute atomic E-state index is 0.272. The fraction of sp³-hybridized carbons (Fsp3) is 0.565. The van der Waals surface area contributed by atoms with E-state index in [1.807, 2.05) is 6.92 Å². The van der Waals surface area contributed by atoms with Crippen molar-refractivity contribution in [1.29, 1.82) is 0 Å². The molecule has 1 aliphatic rings. The van der Waals surface area contributed by atoms with Gasteiger partial charge in [0, 0.05) is 45.3 Å². The number of oxazole rings is 1. The van der Waals surface area contributed by atoms with Crippen LogP contribution in [-0.4, -0.2) is 44.3 Å². The fourth-order valence-corrected chi connectivity index (χ4v) is 4.02. The second-order valence-corrected chi connectivity index (χ2v) is 7.91. The number of benzene rings is 1. The Labute approximate surface area is 178 Å². The van der Waals surface area contributed by atoms with Gasteiger partial charge in [0.05, 0.1) is 5.69 Å². The molecule has 30 heavy (non-hydrogen) atoms. The van der Waals surface area contributed by atoms with Crippen molar-refractivity contribution in [3.63, 3.8) is 0 Å². The van der Waals surface area contributed by atoms with E-state index in [-0.39, 0.29) is 5.82 Å². The first-order chi connectivity index (χ1) is 14.6. The predicted octanol–water partition coefficient (Wildman–Crippen LogP) is 4.18. The Balaban J connectivity index is 1.45. The molecule has 1 aliphatic carbocycles. The van der Waals surface area contributed by atoms with Gasteiger partial charge in [-0.2, -0.15) is 0 Å². The van der Waals surface area contributed by atoms with Crippen LogP contribution in [0.5, 0.6) is 0 Å². The monoisotopic (exact) mass is 416 g/mol. The molecule has 0 amide bonds. The molecule has 0 saturated heterocycles. The summed E-state index contributed by atoms with van der Waals surface area (Å²) in [7, 11) is 1.79. The van der Waals surface area contributed by atoms with Gasteiger partial charge in [0.1, 0.15) is 12.1 Å². The van der Waals surface area contributed by atoms with Crippen molar-refractivity contribution in [3.05, 3.63) is 42.0 Å². The van der Waals surface area contributed by atoms with Gasteiger partial charge in [0.25, 0.3) is 0 Å². The first kappa shape index (κ1) is 22.3. The molecule has 7 heteroatoms. The van der Waals surface area contributed by atoms with E-state index in [9.17, 15) is 4.39 Å². The van der Waals surface area contributed by atoms with Gasteiger partial charge < -0.3 is 19.8 Å². The zero-order valence-electron chi connectivity index (χ0n) is 18.0. The van der Waals surface area contributed by atoms with E-state index in [1.165, 1.54) is 37.8 Å². The third-order valence-corrected chi connectivity index (χ3v) is 5.82. The van der Waals surface area contributed by atoms with Crippen molar-refractivity contribution in [1.82, 2.24) is 15.6 Å². The number of hydrogen-bond donors (Lipinski definition) is 2. The second kappa shape index (κ2) is 11.1. The lowest BCUT2D eigenvalue weighted by Crippen LogP contribution is -2.44. The summed E-state index contributed by atoms with van der Waals surface area (Å²) in [6.45, 7) is 5.26. The highest BCUT2D eigenvalue weighted by molar-refractivity contribution is 5.79. The van der Waals surface area contributed by atoms with Crippen molar-refractivity contribution in [2.24, 2.45) is 10.4 Å². The minimum atomic E-state index is -0.272. The lowest BCUT2D eigenvalue weighted by Gasteiger charge is -2.30. The Morgan fingerprint density at radius 2 is 2.00 bits per heavy atom. The first-order valence-corrected chi connectivity index (χ1v) is 10.9. The van der Waals surface area contributed by atoms with Crippen LogP contribution in [0.15, 0.2) is 39.9 Å². The van der Waals surface area contributed by atoms with Gasteiger partial charge in [-0.05, 0) is 55.9 Å². The molecule has 2 N–H and O–H groups in total. The summed E-state index contributed by atoms with van der Waals surface area (Å²) >= 11 is 0. The van der Waals surface area contributed by atoms with Crippen molar-refractivity contribution < 1.29 is 13.5 Å². The van der Waals surface area contributed by atoms with Crippen LogP contribution in [0.4, 0.5) is 4.39 Å². The normalized spacial score (nSPS) is 16.0. The van der Waals surface area contributed by atoms with Gasteiger partial charge >= 0.3 is 0 Å². The molecule has 0 atom stereocenters. The van der Waals surface area contributed by atoms with E-state index >= 15 is 0 Å². The van der Waals surface area contributed by atoms with E-state index in [0.717, 1.165) is 43.4 Å². The Bertz CT molecular complexity index is 798. The van der Waals surface area contributed by atoms with Crippen molar-refractivity contribution in [2.75, 3.05) is 33.4 Å². The molecule has 3 rings (SSSR count). The largest absolute Gasteiger partial charge is 0.444 e. The van der Waals surface area contributed by atoms with Crippen LogP contribution in [0.25, 0.3) is 11.5 Å². The molecule has 1 heterocycles. The van der Waals surface area contributed by atoms with Gasteiger partial charge in [-0.25, -0.2) is 9.37 Å². The van der Waals surface area contributed by atoms with E-state index in [4.69, 9.17) is 9.15 Å². The maximum absolute atomic E-state index is 13.1. The predicted molar refractivity (Wildman–Crippen MR) is 117 cm³/mol. The lowest BCUT2D eigenvalue weighted by molar-refractivity contribution is 0.105. The zero-order chi connectivity index (χ0) is 21.2. The molecule has 1 aromatic carbocycles. The molecular formula is C23H33FN4O2. The summed E-state index contributed by atoms with van der Waals surface area (Å²) < 4.78 is 24.2. The van der Waals surface area contributed by atoms with Crippen molar-refractivity contribution >= 4 is 5.96 Å². The van der Waals surface area contributed by atoms with Gasteiger partial charge in [-0.15, -0.1) is 0 Å². The minimum Gasteiger partial charge on any atom is -0.444 e. The Hall–Kier alpha value is -2.41. The third kappa shape index (κ3) is 6.29. The van der Waals surface area contributed by atoms with Crippen molar-refractivity contribution in [3.8, 4) is 11.5 Å². The summed E-state index contributed by atoms with van der Waals surface area (Å²) in [6, 6.07) is 6.14. The number of aromatic nitrogens is 1. The molecular weight excluding hydrogens is 383 g/mol. The molecule has 0 aliphatic heterocycles. The third-order valence-electron chi connectivity index (χ3n) is 5.82. The maximum atomic E-state index is 13.1. The van der Waals surface area contributed by atoms with Crippen LogP contribution in [0, 0.1) is 11.2 Å². The number of nitrogens with one attached hydrogen (secondary N) is 2.